The smallest absolute Gasteiger partial charge is 0.0471 e. The highest BCUT2D eigenvalue weighted by molar-refractivity contribution is 6.31. The number of hydrogen-bond acceptors (Lipinski definition) is 3. The zero-order chi connectivity index (χ0) is 13.0. The van der Waals surface area contributed by atoms with E-state index in [-0.39, 0.29) is 0 Å². The van der Waals surface area contributed by atoms with E-state index in [2.05, 4.69) is 22.8 Å². The van der Waals surface area contributed by atoms with Crippen molar-refractivity contribution in [3.63, 3.8) is 0 Å². The zero-order valence-corrected chi connectivity index (χ0v) is 11.8. The minimum absolute atomic E-state index is 0.504. The monoisotopic (exact) mass is 267 g/mol. The summed E-state index contributed by atoms with van der Waals surface area (Å²) in [5.41, 5.74) is 8.09. The predicted octanol–water partition coefficient (Wildman–Crippen LogP) is 2.33. The Morgan fingerprint density at radius 2 is 1.94 bits per heavy atom. The molecule has 2 rings (SSSR count). The number of hydrogen-bond donors (Lipinski definition) is 1. The molecule has 0 radical (unpaired) electrons. The van der Waals surface area contributed by atoms with E-state index < -0.39 is 0 Å². The van der Waals surface area contributed by atoms with Gasteiger partial charge in [0.25, 0.3) is 0 Å². The third-order valence-electron chi connectivity index (χ3n) is 3.55. The van der Waals surface area contributed by atoms with Gasteiger partial charge in [0.15, 0.2) is 0 Å². The van der Waals surface area contributed by atoms with Crippen molar-refractivity contribution in [1.29, 1.82) is 0 Å². The van der Waals surface area contributed by atoms with Crippen molar-refractivity contribution in [2.75, 3.05) is 37.6 Å². The lowest BCUT2D eigenvalue weighted by atomic mass is 10.1. The van der Waals surface area contributed by atoms with Gasteiger partial charge in [0.1, 0.15) is 0 Å². The second-order valence-corrected chi connectivity index (χ2v) is 5.18. The molecule has 4 heteroatoms. The molecule has 1 aromatic rings. The van der Waals surface area contributed by atoms with Crippen LogP contribution in [0.25, 0.3) is 0 Å². The first-order valence-electron chi connectivity index (χ1n) is 6.71. The van der Waals surface area contributed by atoms with Gasteiger partial charge in [-0.05, 0) is 25.1 Å². The van der Waals surface area contributed by atoms with Crippen molar-refractivity contribution in [2.24, 2.45) is 5.73 Å². The highest BCUT2D eigenvalue weighted by Crippen LogP contribution is 2.27. The minimum atomic E-state index is 0.504. The van der Waals surface area contributed by atoms with Gasteiger partial charge in [0, 0.05) is 49.0 Å². The average Bonchev–Trinajstić information content (AvgIpc) is 2.40. The van der Waals surface area contributed by atoms with Gasteiger partial charge in [-0.1, -0.05) is 24.6 Å². The molecule has 1 aromatic carbocycles. The first-order chi connectivity index (χ1) is 8.76. The highest BCUT2D eigenvalue weighted by Gasteiger charge is 2.19. The van der Waals surface area contributed by atoms with E-state index in [1.54, 1.807) is 0 Å². The normalized spacial score (nSPS) is 17.2. The summed E-state index contributed by atoms with van der Waals surface area (Å²) in [5, 5.41) is 0.783. The molecule has 0 bridgehead atoms. The van der Waals surface area contributed by atoms with E-state index >= 15 is 0 Å². The summed E-state index contributed by atoms with van der Waals surface area (Å²) in [5.74, 6) is 0. The Bertz CT molecular complexity index is 387. The molecule has 0 aliphatic carbocycles. The van der Waals surface area contributed by atoms with Gasteiger partial charge in [-0.25, -0.2) is 0 Å². The summed E-state index contributed by atoms with van der Waals surface area (Å²) in [4.78, 5) is 4.92. The van der Waals surface area contributed by atoms with Crippen LogP contribution >= 0.6 is 11.6 Å². The lowest BCUT2D eigenvalue weighted by molar-refractivity contribution is 0.258. The average molecular weight is 268 g/mol. The van der Waals surface area contributed by atoms with E-state index in [0.29, 0.717) is 6.54 Å². The fourth-order valence-corrected chi connectivity index (χ4v) is 2.82. The van der Waals surface area contributed by atoms with E-state index in [4.69, 9.17) is 17.3 Å². The molecule has 0 spiro atoms. The molecule has 0 unspecified atom stereocenters. The van der Waals surface area contributed by atoms with E-state index in [9.17, 15) is 0 Å². The molecular formula is C14H22ClN3. The molecule has 2 N–H and O–H groups in total. The Balaban J connectivity index is 2.07. The molecule has 1 aliphatic rings. The van der Waals surface area contributed by atoms with Crippen molar-refractivity contribution in [3.8, 4) is 0 Å². The Morgan fingerprint density at radius 1 is 1.22 bits per heavy atom. The van der Waals surface area contributed by atoms with Crippen molar-refractivity contribution >= 4 is 17.3 Å². The van der Waals surface area contributed by atoms with Gasteiger partial charge in [0.2, 0.25) is 0 Å². The van der Waals surface area contributed by atoms with Crippen molar-refractivity contribution in [3.05, 3.63) is 28.8 Å². The first kappa shape index (κ1) is 13.7. The maximum atomic E-state index is 6.21. The maximum Gasteiger partial charge on any atom is 0.0471 e. The number of rotatable bonds is 4. The van der Waals surface area contributed by atoms with Gasteiger partial charge >= 0.3 is 0 Å². The van der Waals surface area contributed by atoms with Crippen molar-refractivity contribution in [1.82, 2.24) is 4.90 Å². The van der Waals surface area contributed by atoms with Gasteiger partial charge in [-0.2, -0.15) is 0 Å². The second-order valence-electron chi connectivity index (χ2n) is 4.77. The fraction of sp³-hybridized carbons (Fsp3) is 0.571. The third-order valence-corrected chi connectivity index (χ3v) is 3.91. The number of halogens is 1. The molecule has 0 atom stereocenters. The van der Waals surface area contributed by atoms with Crippen LogP contribution in [-0.4, -0.2) is 37.6 Å². The Hall–Kier alpha value is -0.770. The molecule has 1 heterocycles. The van der Waals surface area contributed by atoms with Crippen LogP contribution in [0, 0.1) is 0 Å². The van der Waals surface area contributed by atoms with Crippen LogP contribution in [0.15, 0.2) is 18.2 Å². The standard InChI is InChI=1S/C14H22ClN3/c1-2-6-17-7-9-18(10-8-17)14-5-3-4-13(15)12(14)11-16/h3-5H,2,6-11,16H2,1H3. The fourth-order valence-electron chi connectivity index (χ4n) is 2.57. The summed E-state index contributed by atoms with van der Waals surface area (Å²) >= 11 is 6.21. The molecule has 18 heavy (non-hydrogen) atoms. The number of nitrogens with zero attached hydrogens (tertiary/aromatic N) is 2. The largest absolute Gasteiger partial charge is 0.369 e. The van der Waals surface area contributed by atoms with E-state index in [0.717, 1.165) is 36.8 Å². The van der Waals surface area contributed by atoms with Gasteiger partial charge in [-0.3, -0.25) is 4.90 Å². The topological polar surface area (TPSA) is 32.5 Å². The van der Waals surface area contributed by atoms with Crippen LogP contribution in [0.5, 0.6) is 0 Å². The van der Waals surface area contributed by atoms with Crippen LogP contribution in [0.3, 0.4) is 0 Å². The molecule has 0 saturated carbocycles. The Labute approximate surface area is 115 Å². The lowest BCUT2D eigenvalue weighted by Crippen LogP contribution is -2.46. The SMILES string of the molecule is CCCN1CCN(c2cccc(Cl)c2CN)CC1. The number of nitrogens with two attached hydrogens (primary N) is 1. The number of benzene rings is 1. The molecule has 0 amide bonds. The highest BCUT2D eigenvalue weighted by atomic mass is 35.5. The van der Waals surface area contributed by atoms with Crippen LogP contribution in [0.2, 0.25) is 5.02 Å². The van der Waals surface area contributed by atoms with Crippen LogP contribution in [0.4, 0.5) is 5.69 Å². The summed E-state index contributed by atoms with van der Waals surface area (Å²) in [6.07, 6.45) is 1.23. The lowest BCUT2D eigenvalue weighted by Gasteiger charge is -2.37. The molecule has 100 valence electrons. The summed E-state index contributed by atoms with van der Waals surface area (Å²) < 4.78 is 0. The van der Waals surface area contributed by atoms with Gasteiger partial charge < -0.3 is 10.6 Å². The van der Waals surface area contributed by atoms with Crippen LogP contribution in [0.1, 0.15) is 18.9 Å². The molecule has 0 aromatic heterocycles. The van der Waals surface area contributed by atoms with Crippen LogP contribution in [-0.2, 0) is 6.54 Å². The van der Waals surface area contributed by atoms with Crippen molar-refractivity contribution < 1.29 is 0 Å². The van der Waals surface area contributed by atoms with Crippen molar-refractivity contribution in [2.45, 2.75) is 19.9 Å². The molecule has 1 saturated heterocycles. The number of anilines is 1. The second kappa shape index (κ2) is 6.41. The molecule has 3 nitrogen and oxygen atoms in total. The zero-order valence-electron chi connectivity index (χ0n) is 11.0. The summed E-state index contributed by atoms with van der Waals surface area (Å²) in [6.45, 7) is 8.32. The quantitative estimate of drug-likeness (QED) is 0.909. The van der Waals surface area contributed by atoms with Crippen LogP contribution < -0.4 is 10.6 Å². The van der Waals surface area contributed by atoms with Gasteiger partial charge in [-0.15, -0.1) is 0 Å². The predicted molar refractivity (Wildman–Crippen MR) is 78.3 cm³/mol. The number of piperazine rings is 1. The molecule has 1 fully saturated rings. The first-order valence-corrected chi connectivity index (χ1v) is 7.08. The summed E-state index contributed by atoms with van der Waals surface area (Å²) in [6, 6.07) is 6.05. The maximum absolute atomic E-state index is 6.21. The molecular weight excluding hydrogens is 246 g/mol. The third kappa shape index (κ3) is 2.97. The van der Waals surface area contributed by atoms with Gasteiger partial charge in [0.05, 0.1) is 0 Å². The Morgan fingerprint density at radius 3 is 2.56 bits per heavy atom. The van der Waals surface area contributed by atoms with E-state index in [1.165, 1.54) is 18.7 Å². The minimum Gasteiger partial charge on any atom is -0.369 e. The molecule has 1 aliphatic heterocycles. The Kier molecular flexibility index (Phi) is 4.87. The summed E-state index contributed by atoms with van der Waals surface area (Å²) in [7, 11) is 0. The van der Waals surface area contributed by atoms with E-state index in [1.807, 2.05) is 12.1 Å².